The van der Waals surface area contributed by atoms with Crippen molar-refractivity contribution in [2.75, 3.05) is 5.32 Å². The summed E-state index contributed by atoms with van der Waals surface area (Å²) in [7, 11) is 0. The Morgan fingerprint density at radius 2 is 1.81 bits per heavy atom. The van der Waals surface area contributed by atoms with E-state index in [0.717, 1.165) is 12.4 Å². The molecule has 0 aliphatic rings. The van der Waals surface area contributed by atoms with Crippen molar-refractivity contribution in [3.63, 3.8) is 0 Å². The molecule has 0 bridgehead atoms. The van der Waals surface area contributed by atoms with Crippen molar-refractivity contribution in [3.05, 3.63) is 52.6 Å². The third kappa shape index (κ3) is 3.29. The van der Waals surface area contributed by atoms with Crippen molar-refractivity contribution in [1.82, 2.24) is 9.97 Å². The zero-order chi connectivity index (χ0) is 15.6. The second-order valence-corrected chi connectivity index (χ2v) is 4.18. The standard InChI is InChI=1S/C12H6ClF2N3O3/c13-10-4-16-9(3-17-10)11(19)18-8-2-7(15)6(14)1-5(8)12(20)21/h1-4H,(H,18,19)(H,20,21). The summed E-state index contributed by atoms with van der Waals surface area (Å²) >= 11 is 5.51. The molecule has 2 aromatic rings. The number of nitrogens with zero attached hydrogens (tertiary/aromatic N) is 2. The number of carbonyl (C=O) groups excluding carboxylic acids is 1. The number of halogens is 3. The predicted molar refractivity (Wildman–Crippen MR) is 68.3 cm³/mol. The Kier molecular flexibility index (Phi) is 4.08. The van der Waals surface area contributed by atoms with E-state index in [0.29, 0.717) is 12.1 Å². The molecule has 2 N–H and O–H groups in total. The number of aromatic carboxylic acids is 1. The molecule has 0 radical (unpaired) electrons. The van der Waals surface area contributed by atoms with Crippen LogP contribution in [0.2, 0.25) is 5.15 Å². The number of nitrogens with one attached hydrogen (secondary N) is 1. The van der Waals surface area contributed by atoms with Crippen molar-refractivity contribution < 1.29 is 23.5 Å². The van der Waals surface area contributed by atoms with Gasteiger partial charge in [0.25, 0.3) is 5.91 Å². The van der Waals surface area contributed by atoms with Crippen LogP contribution in [0.1, 0.15) is 20.8 Å². The third-order valence-electron chi connectivity index (χ3n) is 2.39. The molecule has 21 heavy (non-hydrogen) atoms. The molecular weight excluding hydrogens is 308 g/mol. The lowest BCUT2D eigenvalue weighted by molar-refractivity contribution is 0.0697. The summed E-state index contributed by atoms with van der Waals surface area (Å²) < 4.78 is 26.2. The zero-order valence-electron chi connectivity index (χ0n) is 10.1. The first kappa shape index (κ1) is 14.8. The lowest BCUT2D eigenvalue weighted by Crippen LogP contribution is -2.17. The quantitative estimate of drug-likeness (QED) is 0.907. The molecule has 2 rings (SSSR count). The monoisotopic (exact) mass is 313 g/mol. The lowest BCUT2D eigenvalue weighted by atomic mass is 10.1. The van der Waals surface area contributed by atoms with Crippen LogP contribution in [0.3, 0.4) is 0 Å². The Labute approximate surface area is 121 Å². The van der Waals surface area contributed by atoms with Gasteiger partial charge in [-0.15, -0.1) is 0 Å². The minimum atomic E-state index is -1.52. The molecule has 1 aromatic carbocycles. The van der Waals surface area contributed by atoms with E-state index in [1.165, 1.54) is 0 Å². The number of hydrogen-bond donors (Lipinski definition) is 2. The maximum Gasteiger partial charge on any atom is 0.337 e. The molecular formula is C12H6ClF2N3O3. The van der Waals surface area contributed by atoms with E-state index in [4.69, 9.17) is 16.7 Å². The highest BCUT2D eigenvalue weighted by atomic mass is 35.5. The number of aromatic nitrogens is 2. The van der Waals surface area contributed by atoms with Crippen molar-refractivity contribution in [1.29, 1.82) is 0 Å². The summed E-state index contributed by atoms with van der Waals surface area (Å²) in [6.07, 6.45) is 2.16. The summed E-state index contributed by atoms with van der Waals surface area (Å²) in [5.41, 5.74) is -1.16. The minimum Gasteiger partial charge on any atom is -0.478 e. The molecule has 0 spiro atoms. The molecule has 0 saturated carbocycles. The van der Waals surface area contributed by atoms with E-state index in [2.05, 4.69) is 15.3 Å². The van der Waals surface area contributed by atoms with Crippen LogP contribution in [0.15, 0.2) is 24.5 Å². The van der Waals surface area contributed by atoms with E-state index in [1.54, 1.807) is 0 Å². The highest BCUT2D eigenvalue weighted by Gasteiger charge is 2.18. The van der Waals surface area contributed by atoms with Crippen LogP contribution in [0, 0.1) is 11.6 Å². The smallest absolute Gasteiger partial charge is 0.337 e. The first-order chi connectivity index (χ1) is 9.88. The minimum absolute atomic E-state index is 0.0607. The lowest BCUT2D eigenvalue weighted by Gasteiger charge is -2.08. The average molecular weight is 314 g/mol. The van der Waals surface area contributed by atoms with Gasteiger partial charge in [-0.25, -0.2) is 23.5 Å². The van der Waals surface area contributed by atoms with Gasteiger partial charge in [0, 0.05) is 6.07 Å². The zero-order valence-corrected chi connectivity index (χ0v) is 10.9. The van der Waals surface area contributed by atoms with Gasteiger partial charge in [0.05, 0.1) is 23.6 Å². The maximum atomic E-state index is 13.2. The van der Waals surface area contributed by atoms with E-state index in [9.17, 15) is 18.4 Å². The number of amides is 1. The predicted octanol–water partition coefficient (Wildman–Crippen LogP) is 2.36. The van der Waals surface area contributed by atoms with Gasteiger partial charge in [0.2, 0.25) is 0 Å². The number of rotatable bonds is 3. The molecule has 0 fully saturated rings. The highest BCUT2D eigenvalue weighted by Crippen LogP contribution is 2.20. The number of anilines is 1. The first-order valence-electron chi connectivity index (χ1n) is 5.39. The SMILES string of the molecule is O=C(Nc1cc(F)c(F)cc1C(=O)O)c1cnc(Cl)cn1. The van der Waals surface area contributed by atoms with Gasteiger partial charge < -0.3 is 10.4 Å². The van der Waals surface area contributed by atoms with Gasteiger partial charge in [-0.3, -0.25) is 4.79 Å². The fraction of sp³-hybridized carbons (Fsp3) is 0. The van der Waals surface area contributed by atoms with Crippen LogP contribution in [0.25, 0.3) is 0 Å². The summed E-state index contributed by atoms with van der Waals surface area (Å²) in [6, 6.07) is 1.04. The molecule has 108 valence electrons. The van der Waals surface area contributed by atoms with Gasteiger partial charge in [-0.05, 0) is 6.07 Å². The normalized spacial score (nSPS) is 10.2. The Morgan fingerprint density at radius 1 is 1.14 bits per heavy atom. The summed E-state index contributed by atoms with van der Waals surface area (Å²) in [4.78, 5) is 30.1. The van der Waals surface area contributed by atoms with Crippen molar-refractivity contribution >= 4 is 29.2 Å². The molecule has 1 amide bonds. The van der Waals surface area contributed by atoms with Gasteiger partial charge in [0.15, 0.2) is 11.6 Å². The molecule has 0 aliphatic heterocycles. The van der Waals surface area contributed by atoms with Crippen molar-refractivity contribution in [2.45, 2.75) is 0 Å². The second-order valence-electron chi connectivity index (χ2n) is 3.80. The summed E-state index contributed by atoms with van der Waals surface area (Å²) in [5.74, 6) is -4.99. The summed E-state index contributed by atoms with van der Waals surface area (Å²) in [5, 5.41) is 11.1. The third-order valence-corrected chi connectivity index (χ3v) is 2.59. The molecule has 0 saturated heterocycles. The molecule has 0 aliphatic carbocycles. The first-order valence-corrected chi connectivity index (χ1v) is 5.77. The van der Waals surface area contributed by atoms with Crippen LogP contribution in [-0.4, -0.2) is 27.0 Å². The number of hydrogen-bond acceptors (Lipinski definition) is 4. The van der Waals surface area contributed by atoms with Crippen molar-refractivity contribution in [3.8, 4) is 0 Å². The van der Waals surface area contributed by atoms with E-state index >= 15 is 0 Å². The van der Waals surface area contributed by atoms with Gasteiger partial charge in [-0.2, -0.15) is 0 Å². The number of carboxylic acid groups (broad SMARTS) is 1. The Morgan fingerprint density at radius 3 is 2.38 bits per heavy atom. The van der Waals surface area contributed by atoms with Crippen LogP contribution >= 0.6 is 11.6 Å². The van der Waals surface area contributed by atoms with Crippen LogP contribution in [0.5, 0.6) is 0 Å². The Bertz CT molecular complexity index is 722. The molecule has 9 heteroatoms. The largest absolute Gasteiger partial charge is 0.478 e. The second kappa shape index (κ2) is 5.80. The van der Waals surface area contributed by atoms with E-state index in [1.807, 2.05) is 0 Å². The number of benzene rings is 1. The van der Waals surface area contributed by atoms with E-state index in [-0.39, 0.29) is 10.8 Å². The number of carbonyl (C=O) groups is 2. The highest BCUT2D eigenvalue weighted by molar-refractivity contribution is 6.29. The van der Waals surface area contributed by atoms with Gasteiger partial charge in [0.1, 0.15) is 10.8 Å². The molecule has 6 nitrogen and oxygen atoms in total. The summed E-state index contributed by atoms with van der Waals surface area (Å²) in [6.45, 7) is 0. The average Bonchev–Trinajstić information content (AvgIpc) is 2.43. The van der Waals surface area contributed by atoms with Crippen LogP contribution < -0.4 is 5.32 Å². The molecule has 1 aromatic heterocycles. The fourth-order valence-corrected chi connectivity index (χ4v) is 1.54. The van der Waals surface area contributed by atoms with Crippen LogP contribution in [-0.2, 0) is 0 Å². The van der Waals surface area contributed by atoms with Crippen molar-refractivity contribution in [2.24, 2.45) is 0 Å². The molecule has 1 heterocycles. The fourth-order valence-electron chi connectivity index (χ4n) is 1.44. The number of carboxylic acids is 1. The molecule has 0 atom stereocenters. The van der Waals surface area contributed by atoms with Gasteiger partial charge in [-0.1, -0.05) is 11.6 Å². The topological polar surface area (TPSA) is 92.2 Å². The van der Waals surface area contributed by atoms with Gasteiger partial charge >= 0.3 is 5.97 Å². The van der Waals surface area contributed by atoms with E-state index < -0.39 is 34.8 Å². The molecule has 0 unspecified atom stereocenters. The maximum absolute atomic E-state index is 13.2. The Hall–Kier alpha value is -2.61. The Balaban J connectivity index is 2.34. The van der Waals surface area contributed by atoms with Crippen LogP contribution in [0.4, 0.5) is 14.5 Å².